The highest BCUT2D eigenvalue weighted by molar-refractivity contribution is 6.32. The molecule has 0 aromatic heterocycles. The van der Waals surface area contributed by atoms with Crippen molar-refractivity contribution < 1.29 is 18.3 Å². The molecule has 0 atom stereocenters. The van der Waals surface area contributed by atoms with Gasteiger partial charge in [-0.3, -0.25) is 4.79 Å². The number of carbonyl (C=O) groups is 1. The summed E-state index contributed by atoms with van der Waals surface area (Å²) in [6.07, 6.45) is 1.15. The quantitative estimate of drug-likeness (QED) is 0.707. The van der Waals surface area contributed by atoms with Crippen LogP contribution in [0.5, 0.6) is 5.75 Å². The van der Waals surface area contributed by atoms with E-state index in [9.17, 15) is 13.6 Å². The smallest absolute Gasteiger partial charge is 0.255 e. The molecule has 0 aliphatic carbocycles. The average Bonchev–Trinajstić information content (AvgIpc) is 2.79. The second kappa shape index (κ2) is 10.4. The second-order valence-corrected chi connectivity index (χ2v) is 7.57. The van der Waals surface area contributed by atoms with Crippen LogP contribution in [0.3, 0.4) is 0 Å². The summed E-state index contributed by atoms with van der Waals surface area (Å²) in [4.78, 5) is 14.7. The first-order chi connectivity index (χ1) is 14.9. The average molecular weight is 446 g/mol. The minimum Gasteiger partial charge on any atom is -0.496 e. The van der Waals surface area contributed by atoms with E-state index in [0.717, 1.165) is 5.57 Å². The van der Waals surface area contributed by atoms with Crippen molar-refractivity contribution in [3.05, 3.63) is 69.5 Å². The van der Waals surface area contributed by atoms with Gasteiger partial charge in [-0.25, -0.2) is 8.78 Å². The number of nitrogens with zero attached hydrogens (tertiary/aromatic N) is 2. The Kier molecular flexibility index (Phi) is 7.61. The van der Waals surface area contributed by atoms with E-state index in [1.807, 2.05) is 6.07 Å². The number of rotatable bonds is 6. The van der Waals surface area contributed by atoms with Gasteiger partial charge in [-0.05, 0) is 48.7 Å². The van der Waals surface area contributed by atoms with Crippen molar-refractivity contribution in [1.82, 2.24) is 10.2 Å². The van der Waals surface area contributed by atoms with E-state index in [1.54, 1.807) is 0 Å². The van der Waals surface area contributed by atoms with Crippen LogP contribution in [0.2, 0.25) is 5.02 Å². The number of hydrogen-bond acceptors (Lipinski definition) is 4. The molecule has 0 saturated carbocycles. The molecule has 1 N–H and O–H groups in total. The van der Waals surface area contributed by atoms with Crippen LogP contribution in [-0.2, 0) is 0 Å². The summed E-state index contributed by atoms with van der Waals surface area (Å²) in [5.74, 6) is -0.731. The summed E-state index contributed by atoms with van der Waals surface area (Å²) in [6.45, 7) is 2.34. The van der Waals surface area contributed by atoms with Crippen LogP contribution in [0.15, 0.2) is 42.0 Å². The second-order valence-electron chi connectivity index (χ2n) is 7.17. The lowest BCUT2D eigenvalue weighted by molar-refractivity contribution is 0.0944. The predicted octanol–water partition coefficient (Wildman–Crippen LogP) is 4.57. The Morgan fingerprint density at radius 3 is 2.55 bits per heavy atom. The molecule has 1 amide bonds. The Morgan fingerprint density at radius 1 is 1.26 bits per heavy atom. The molecular formula is C23H22ClF2N3O2. The van der Waals surface area contributed by atoms with Gasteiger partial charge >= 0.3 is 0 Å². The van der Waals surface area contributed by atoms with Gasteiger partial charge < -0.3 is 15.0 Å². The maximum absolute atomic E-state index is 14.6. The SMILES string of the molecule is COc1cc(Cl)c(C#N)cc1C(=O)NCCN1CCC(=C(F)c2ccc(F)cc2)CC1. The van der Waals surface area contributed by atoms with E-state index in [1.165, 1.54) is 43.5 Å². The topological polar surface area (TPSA) is 65.4 Å². The number of hydrogen-bond donors (Lipinski definition) is 1. The van der Waals surface area contributed by atoms with Crippen molar-refractivity contribution in [2.75, 3.05) is 33.3 Å². The third-order valence-corrected chi connectivity index (χ3v) is 5.55. The van der Waals surface area contributed by atoms with E-state index in [4.69, 9.17) is 21.6 Å². The summed E-state index contributed by atoms with van der Waals surface area (Å²) in [5.41, 5.74) is 1.56. The number of piperidine rings is 1. The van der Waals surface area contributed by atoms with Crippen molar-refractivity contribution >= 4 is 23.3 Å². The van der Waals surface area contributed by atoms with Crippen LogP contribution >= 0.6 is 11.6 Å². The third kappa shape index (κ3) is 5.60. The number of nitriles is 1. The van der Waals surface area contributed by atoms with Gasteiger partial charge in [0.2, 0.25) is 0 Å². The zero-order valence-corrected chi connectivity index (χ0v) is 17.8. The summed E-state index contributed by atoms with van der Waals surface area (Å²) >= 11 is 5.98. The van der Waals surface area contributed by atoms with Gasteiger partial charge in [-0.15, -0.1) is 0 Å². The molecule has 2 aromatic carbocycles. The monoisotopic (exact) mass is 445 g/mol. The molecule has 0 unspecified atom stereocenters. The zero-order chi connectivity index (χ0) is 22.4. The largest absolute Gasteiger partial charge is 0.496 e. The Bertz CT molecular complexity index is 1020. The minimum absolute atomic E-state index is 0.200. The maximum atomic E-state index is 14.6. The van der Waals surface area contributed by atoms with Crippen LogP contribution in [0.4, 0.5) is 8.78 Å². The highest BCUT2D eigenvalue weighted by Gasteiger charge is 2.19. The maximum Gasteiger partial charge on any atom is 0.255 e. The molecule has 8 heteroatoms. The van der Waals surface area contributed by atoms with E-state index in [0.29, 0.717) is 50.3 Å². The van der Waals surface area contributed by atoms with Gasteiger partial charge in [0.1, 0.15) is 23.5 Å². The lowest BCUT2D eigenvalue weighted by atomic mass is 10.00. The molecule has 1 saturated heterocycles. The van der Waals surface area contributed by atoms with Gasteiger partial charge in [0.25, 0.3) is 5.91 Å². The predicted molar refractivity (Wildman–Crippen MR) is 115 cm³/mol. The number of methoxy groups -OCH3 is 1. The number of likely N-dealkylation sites (tertiary alicyclic amines) is 1. The summed E-state index contributed by atoms with van der Waals surface area (Å²) in [7, 11) is 1.43. The van der Waals surface area contributed by atoms with E-state index in [-0.39, 0.29) is 27.9 Å². The summed E-state index contributed by atoms with van der Waals surface area (Å²) in [5, 5.41) is 12.2. The van der Waals surface area contributed by atoms with E-state index >= 15 is 0 Å². The number of ether oxygens (including phenoxy) is 1. The van der Waals surface area contributed by atoms with Crippen molar-refractivity contribution in [1.29, 1.82) is 5.26 Å². The Labute approximate surface area is 184 Å². The molecule has 1 aliphatic heterocycles. The van der Waals surface area contributed by atoms with E-state index < -0.39 is 5.82 Å². The summed E-state index contributed by atoms with van der Waals surface area (Å²) in [6, 6.07) is 10.2. The number of benzene rings is 2. The molecule has 1 heterocycles. The van der Waals surface area contributed by atoms with E-state index in [2.05, 4.69) is 10.2 Å². The van der Waals surface area contributed by atoms with Crippen LogP contribution in [0, 0.1) is 17.1 Å². The molecule has 5 nitrogen and oxygen atoms in total. The molecule has 1 aliphatic rings. The molecule has 3 rings (SSSR count). The van der Waals surface area contributed by atoms with Crippen molar-refractivity contribution in [3.8, 4) is 11.8 Å². The molecular weight excluding hydrogens is 424 g/mol. The molecule has 0 bridgehead atoms. The van der Waals surface area contributed by atoms with Crippen molar-refractivity contribution in [2.24, 2.45) is 0 Å². The first kappa shape index (κ1) is 22.7. The molecule has 0 radical (unpaired) electrons. The number of halogens is 3. The minimum atomic E-state index is -0.390. The molecule has 31 heavy (non-hydrogen) atoms. The Morgan fingerprint density at radius 2 is 1.94 bits per heavy atom. The highest BCUT2D eigenvalue weighted by Crippen LogP contribution is 2.28. The van der Waals surface area contributed by atoms with Crippen LogP contribution in [-0.4, -0.2) is 44.1 Å². The highest BCUT2D eigenvalue weighted by atomic mass is 35.5. The fraction of sp³-hybridized carbons (Fsp3) is 0.304. The molecule has 0 spiro atoms. The first-order valence-electron chi connectivity index (χ1n) is 9.84. The van der Waals surface area contributed by atoms with Crippen LogP contribution < -0.4 is 10.1 Å². The zero-order valence-electron chi connectivity index (χ0n) is 17.1. The standard InChI is InChI=1S/C23H22ClF2N3O2/c1-31-21-13-20(24)17(14-27)12-19(21)23(30)28-8-11-29-9-6-16(7-10-29)22(26)15-2-4-18(25)5-3-15/h2-5,12-13H,6-11H2,1H3,(H,28,30). The van der Waals surface area contributed by atoms with Crippen LogP contribution in [0.25, 0.3) is 5.83 Å². The number of nitrogens with one attached hydrogen (secondary N) is 1. The fourth-order valence-electron chi connectivity index (χ4n) is 3.48. The lowest BCUT2D eigenvalue weighted by Gasteiger charge is -2.28. The Hall–Kier alpha value is -2.95. The number of carbonyl (C=O) groups excluding carboxylic acids is 1. The van der Waals surface area contributed by atoms with Gasteiger partial charge in [-0.1, -0.05) is 11.6 Å². The third-order valence-electron chi connectivity index (χ3n) is 5.24. The van der Waals surface area contributed by atoms with Crippen molar-refractivity contribution in [2.45, 2.75) is 12.8 Å². The normalized spacial score (nSPS) is 14.1. The lowest BCUT2D eigenvalue weighted by Crippen LogP contribution is -2.38. The van der Waals surface area contributed by atoms with Gasteiger partial charge in [0.05, 0.1) is 23.3 Å². The first-order valence-corrected chi connectivity index (χ1v) is 10.2. The molecule has 2 aromatic rings. The fourth-order valence-corrected chi connectivity index (χ4v) is 3.67. The molecule has 162 valence electrons. The summed E-state index contributed by atoms with van der Waals surface area (Å²) < 4.78 is 32.8. The van der Waals surface area contributed by atoms with Crippen molar-refractivity contribution in [3.63, 3.8) is 0 Å². The van der Waals surface area contributed by atoms with Gasteiger partial charge in [0.15, 0.2) is 0 Å². The van der Waals surface area contributed by atoms with Gasteiger partial charge in [0, 0.05) is 37.8 Å². The molecule has 1 fully saturated rings. The van der Waals surface area contributed by atoms with Crippen LogP contribution in [0.1, 0.15) is 34.3 Å². The van der Waals surface area contributed by atoms with Gasteiger partial charge in [-0.2, -0.15) is 5.26 Å². The number of amides is 1. The Balaban J connectivity index is 1.52.